The molecule has 0 aliphatic rings. The monoisotopic (exact) mass is 398 g/mol. The Kier molecular flexibility index (Phi) is 6.71. The minimum Gasteiger partial charge on any atom is -0.285 e. The van der Waals surface area contributed by atoms with Crippen LogP contribution in [0.15, 0.2) is 60.7 Å². The van der Waals surface area contributed by atoms with E-state index >= 15 is 0 Å². The maximum atomic E-state index is 11.5. The summed E-state index contributed by atoms with van der Waals surface area (Å²) in [7, 11) is -10.0. The molecular weight excluding hydrogens is 385 g/mol. The van der Waals surface area contributed by atoms with Gasteiger partial charge in [-0.1, -0.05) is 60.7 Å². The van der Waals surface area contributed by atoms with Gasteiger partial charge in [0.25, 0.3) is 10.1 Å². The molecule has 0 spiro atoms. The Morgan fingerprint density at radius 1 is 0.720 bits per heavy atom. The summed E-state index contributed by atoms with van der Waals surface area (Å²) >= 11 is 0. The van der Waals surface area contributed by atoms with Crippen LogP contribution in [0.4, 0.5) is 13.2 Å². The van der Waals surface area contributed by atoms with Gasteiger partial charge in [-0.25, -0.2) is 0 Å². The molecule has 11 heteroatoms. The summed E-state index contributed by atoms with van der Waals surface area (Å²) in [5.41, 5.74) is -4.42. The number of hydrogen-bond donors (Lipinski definition) is 2. The molecule has 0 heterocycles. The van der Waals surface area contributed by atoms with E-state index in [-0.39, 0.29) is 0 Å². The second-order valence-corrected chi connectivity index (χ2v) is 7.55. The second kappa shape index (κ2) is 7.95. The second-order valence-electron chi connectivity index (χ2n) is 4.64. The first-order valence-corrected chi connectivity index (χ1v) is 9.38. The zero-order chi connectivity index (χ0) is 19.3. The smallest absolute Gasteiger partial charge is 0.285 e. The van der Waals surface area contributed by atoms with Crippen molar-refractivity contribution in [3.63, 3.8) is 0 Å². The predicted octanol–water partition coefficient (Wildman–Crippen LogP) is 3.06. The predicted molar refractivity (Wildman–Crippen MR) is 83.9 cm³/mol. The summed E-state index contributed by atoms with van der Waals surface area (Å²) in [6.45, 7) is 0. The van der Waals surface area contributed by atoms with Crippen molar-refractivity contribution in [2.45, 2.75) is 10.8 Å². The zero-order valence-corrected chi connectivity index (χ0v) is 14.0. The fourth-order valence-corrected chi connectivity index (χ4v) is 2.79. The Morgan fingerprint density at radius 2 is 1.00 bits per heavy atom. The third-order valence-corrected chi connectivity index (χ3v) is 4.52. The van der Waals surface area contributed by atoms with Gasteiger partial charge in [0.2, 0.25) is 0 Å². The third-order valence-electron chi connectivity index (χ3n) is 2.79. The van der Waals surface area contributed by atoms with Gasteiger partial charge < -0.3 is 0 Å². The van der Waals surface area contributed by atoms with Crippen LogP contribution in [-0.2, 0) is 20.2 Å². The number of benzene rings is 2. The molecule has 138 valence electrons. The first kappa shape index (κ1) is 21.1. The first-order chi connectivity index (χ1) is 11.3. The van der Waals surface area contributed by atoms with Crippen molar-refractivity contribution in [3.8, 4) is 0 Å². The first-order valence-electron chi connectivity index (χ1n) is 6.44. The minimum atomic E-state index is -5.84. The van der Waals surface area contributed by atoms with Crippen LogP contribution < -0.4 is 0 Å². The highest BCUT2D eigenvalue weighted by molar-refractivity contribution is 7.86. The van der Waals surface area contributed by atoms with E-state index in [1.165, 1.54) is 0 Å². The third kappa shape index (κ3) is 6.46. The molecule has 2 N–H and O–H groups in total. The van der Waals surface area contributed by atoms with Crippen LogP contribution in [0.5, 0.6) is 0 Å². The van der Waals surface area contributed by atoms with E-state index in [2.05, 4.69) is 0 Å². The molecule has 0 atom stereocenters. The van der Waals surface area contributed by atoms with Crippen molar-refractivity contribution in [1.82, 2.24) is 0 Å². The fourth-order valence-electron chi connectivity index (χ4n) is 1.79. The molecule has 25 heavy (non-hydrogen) atoms. The highest BCUT2D eigenvalue weighted by Crippen LogP contribution is 2.28. The number of halogens is 3. The number of rotatable bonds is 3. The maximum Gasteiger partial charge on any atom is 0.522 e. The van der Waals surface area contributed by atoms with E-state index in [0.29, 0.717) is 11.1 Å². The SMILES string of the molecule is O=S(=O)(O)C(F)(F)F.O=S(=O)(O)C(c1ccccc1)c1ccccc1. The van der Waals surface area contributed by atoms with Gasteiger partial charge in [0.05, 0.1) is 0 Å². The Labute approximate surface area is 142 Å². The number of alkyl halides is 3. The van der Waals surface area contributed by atoms with Crippen LogP contribution in [0.3, 0.4) is 0 Å². The molecule has 0 saturated heterocycles. The van der Waals surface area contributed by atoms with Gasteiger partial charge in [-0.2, -0.15) is 30.0 Å². The summed E-state index contributed by atoms with van der Waals surface area (Å²) in [5, 5.41) is -1.02. The van der Waals surface area contributed by atoms with Gasteiger partial charge in [0.1, 0.15) is 5.25 Å². The molecule has 0 radical (unpaired) electrons. The molecule has 0 aromatic heterocycles. The average molecular weight is 398 g/mol. The van der Waals surface area contributed by atoms with E-state index in [9.17, 15) is 26.1 Å². The molecule has 0 fully saturated rings. The summed E-state index contributed by atoms with van der Waals surface area (Å²) in [6, 6.07) is 17.3. The molecule has 0 aliphatic heterocycles. The minimum absolute atomic E-state index is 0.557. The summed E-state index contributed by atoms with van der Waals surface area (Å²) < 4.78 is 89.9. The van der Waals surface area contributed by atoms with E-state index in [4.69, 9.17) is 13.0 Å². The van der Waals surface area contributed by atoms with Gasteiger partial charge in [-0.3, -0.25) is 9.11 Å². The van der Waals surface area contributed by atoms with Crippen LogP contribution >= 0.6 is 0 Å². The van der Waals surface area contributed by atoms with Crippen LogP contribution in [0, 0.1) is 0 Å². The van der Waals surface area contributed by atoms with E-state index in [0.717, 1.165) is 0 Å². The lowest BCUT2D eigenvalue weighted by atomic mass is 10.0. The van der Waals surface area contributed by atoms with Crippen LogP contribution in [0.2, 0.25) is 0 Å². The summed E-state index contributed by atoms with van der Waals surface area (Å²) in [6.07, 6.45) is 0. The Bertz CT molecular complexity index is 840. The molecular formula is C14H13F3O6S2. The van der Waals surface area contributed by atoms with Crippen molar-refractivity contribution < 1.29 is 39.1 Å². The molecule has 0 bridgehead atoms. The molecule has 6 nitrogen and oxygen atoms in total. The van der Waals surface area contributed by atoms with E-state index < -0.39 is 31.0 Å². The molecule has 0 unspecified atom stereocenters. The lowest BCUT2D eigenvalue weighted by Gasteiger charge is -2.14. The standard InChI is InChI=1S/C13H12O3S.CHF3O3S/c14-17(15,16)13(11-7-3-1-4-8-11)12-9-5-2-6-10-12;2-1(3,4)8(5,6)7/h1-10,13H,(H,14,15,16);(H,5,6,7). The molecule has 0 amide bonds. The van der Waals surface area contributed by atoms with Crippen LogP contribution in [-0.4, -0.2) is 31.4 Å². The van der Waals surface area contributed by atoms with Crippen LogP contribution in [0.1, 0.15) is 16.4 Å². The van der Waals surface area contributed by atoms with Gasteiger partial charge in [-0.05, 0) is 11.1 Å². The largest absolute Gasteiger partial charge is 0.522 e. The van der Waals surface area contributed by atoms with Crippen molar-refractivity contribution in [3.05, 3.63) is 71.8 Å². The van der Waals surface area contributed by atoms with Crippen molar-refractivity contribution in [2.24, 2.45) is 0 Å². The summed E-state index contributed by atoms with van der Waals surface area (Å²) in [4.78, 5) is 0. The highest BCUT2D eigenvalue weighted by Gasteiger charge is 2.44. The Balaban J connectivity index is 0.000000333. The average Bonchev–Trinajstić information content (AvgIpc) is 2.47. The number of hydrogen-bond acceptors (Lipinski definition) is 4. The van der Waals surface area contributed by atoms with E-state index in [1.54, 1.807) is 60.7 Å². The molecule has 2 aromatic carbocycles. The maximum absolute atomic E-state index is 11.5. The highest BCUT2D eigenvalue weighted by atomic mass is 32.2. The lowest BCUT2D eigenvalue weighted by Crippen LogP contribution is -2.21. The normalized spacial score (nSPS) is 12.4. The van der Waals surface area contributed by atoms with Crippen molar-refractivity contribution in [2.75, 3.05) is 0 Å². The molecule has 2 aromatic rings. The van der Waals surface area contributed by atoms with Gasteiger partial charge in [-0.15, -0.1) is 0 Å². The molecule has 0 aliphatic carbocycles. The topological polar surface area (TPSA) is 109 Å². The zero-order valence-electron chi connectivity index (χ0n) is 12.3. The Hall–Kier alpha value is -1.95. The van der Waals surface area contributed by atoms with Crippen molar-refractivity contribution in [1.29, 1.82) is 0 Å². The quantitative estimate of drug-likeness (QED) is 0.608. The van der Waals surface area contributed by atoms with Gasteiger partial charge >= 0.3 is 15.6 Å². The Morgan fingerprint density at radius 3 is 1.20 bits per heavy atom. The van der Waals surface area contributed by atoms with Crippen LogP contribution in [0.25, 0.3) is 0 Å². The molecule has 0 saturated carbocycles. The summed E-state index contributed by atoms with van der Waals surface area (Å²) in [5.74, 6) is 0. The van der Waals surface area contributed by atoms with Gasteiger partial charge in [0.15, 0.2) is 0 Å². The van der Waals surface area contributed by atoms with E-state index in [1.807, 2.05) is 0 Å². The van der Waals surface area contributed by atoms with Crippen molar-refractivity contribution >= 4 is 20.2 Å². The fraction of sp³-hybridized carbons (Fsp3) is 0.143. The molecule has 2 rings (SSSR count). The lowest BCUT2D eigenvalue weighted by molar-refractivity contribution is -0.0510. The van der Waals surface area contributed by atoms with Gasteiger partial charge in [0, 0.05) is 0 Å².